The number of Topliss-reactive ketones (excluding diaryl/α,β-unsaturated/α-hetero) is 1. The van der Waals surface area contributed by atoms with E-state index in [1.165, 1.54) is 0 Å². The van der Waals surface area contributed by atoms with Crippen molar-refractivity contribution in [3.63, 3.8) is 0 Å². The topological polar surface area (TPSA) is 43.4 Å². The summed E-state index contributed by atoms with van der Waals surface area (Å²) in [5, 5.41) is 0. The second kappa shape index (κ2) is 6.94. The molecule has 18 heavy (non-hydrogen) atoms. The third-order valence-corrected chi connectivity index (χ3v) is 3.10. The van der Waals surface area contributed by atoms with Crippen molar-refractivity contribution >= 4 is 11.8 Å². The van der Waals surface area contributed by atoms with Gasteiger partial charge in [0.05, 0.1) is 12.5 Å². The fourth-order valence-electron chi connectivity index (χ4n) is 2.02. The van der Waals surface area contributed by atoms with Gasteiger partial charge in [0.2, 0.25) is 0 Å². The van der Waals surface area contributed by atoms with Gasteiger partial charge in [0.15, 0.2) is 5.78 Å². The molecule has 0 heterocycles. The molecular formula is C15H20O3. The molecule has 1 aromatic rings. The maximum Gasteiger partial charge on any atom is 0.309 e. The van der Waals surface area contributed by atoms with E-state index in [-0.39, 0.29) is 17.7 Å². The van der Waals surface area contributed by atoms with Gasteiger partial charge in [-0.1, -0.05) is 44.2 Å². The molecule has 0 N–H and O–H groups in total. The lowest BCUT2D eigenvalue weighted by Crippen LogP contribution is -2.29. The second-order valence-electron chi connectivity index (χ2n) is 4.29. The predicted molar refractivity (Wildman–Crippen MR) is 70.4 cm³/mol. The van der Waals surface area contributed by atoms with Gasteiger partial charge < -0.3 is 4.74 Å². The summed E-state index contributed by atoms with van der Waals surface area (Å²) in [5.41, 5.74) is 0.653. The third kappa shape index (κ3) is 3.42. The fraction of sp³-hybridized carbons (Fsp3) is 0.467. The van der Waals surface area contributed by atoms with Gasteiger partial charge in [-0.2, -0.15) is 0 Å². The lowest BCUT2D eigenvalue weighted by Gasteiger charge is -2.20. The van der Waals surface area contributed by atoms with E-state index in [1.54, 1.807) is 26.0 Å². The molecular weight excluding hydrogens is 228 g/mol. The number of benzene rings is 1. The van der Waals surface area contributed by atoms with Crippen molar-refractivity contribution in [1.82, 2.24) is 0 Å². The van der Waals surface area contributed by atoms with E-state index in [2.05, 4.69) is 0 Å². The Labute approximate surface area is 108 Å². The van der Waals surface area contributed by atoms with Crippen LogP contribution in [0.5, 0.6) is 0 Å². The summed E-state index contributed by atoms with van der Waals surface area (Å²) in [6.45, 7) is 5.79. The van der Waals surface area contributed by atoms with Crippen LogP contribution in [0, 0.1) is 11.8 Å². The van der Waals surface area contributed by atoms with Crippen molar-refractivity contribution in [3.8, 4) is 0 Å². The quantitative estimate of drug-likeness (QED) is 0.574. The standard InChI is InChI=1S/C15H20O3/c1-4-13(11(3)15(17)18-5-2)14(16)12-9-7-6-8-10-12/h6-11,13H,4-5H2,1-3H3. The molecule has 98 valence electrons. The Morgan fingerprint density at radius 1 is 1.17 bits per heavy atom. The Morgan fingerprint density at radius 3 is 2.28 bits per heavy atom. The Morgan fingerprint density at radius 2 is 1.78 bits per heavy atom. The van der Waals surface area contributed by atoms with E-state index in [0.717, 1.165) is 0 Å². The first-order valence-electron chi connectivity index (χ1n) is 6.37. The van der Waals surface area contributed by atoms with Crippen molar-refractivity contribution in [2.24, 2.45) is 11.8 Å². The van der Waals surface area contributed by atoms with E-state index < -0.39 is 5.92 Å². The number of hydrogen-bond acceptors (Lipinski definition) is 3. The van der Waals surface area contributed by atoms with Crippen LogP contribution in [0.25, 0.3) is 0 Å². The van der Waals surface area contributed by atoms with Gasteiger partial charge in [0, 0.05) is 11.5 Å². The van der Waals surface area contributed by atoms with Gasteiger partial charge in [0.1, 0.15) is 0 Å². The Bertz CT molecular complexity index is 397. The van der Waals surface area contributed by atoms with Gasteiger partial charge >= 0.3 is 5.97 Å². The highest BCUT2D eigenvalue weighted by Crippen LogP contribution is 2.22. The molecule has 0 amide bonds. The number of esters is 1. The van der Waals surface area contributed by atoms with Crippen LogP contribution < -0.4 is 0 Å². The zero-order valence-corrected chi connectivity index (χ0v) is 11.2. The molecule has 1 rings (SSSR count). The first-order chi connectivity index (χ1) is 8.61. The van der Waals surface area contributed by atoms with Gasteiger partial charge in [-0.15, -0.1) is 0 Å². The molecule has 2 unspecified atom stereocenters. The zero-order chi connectivity index (χ0) is 13.5. The maximum atomic E-state index is 12.3. The van der Waals surface area contributed by atoms with Crippen molar-refractivity contribution in [1.29, 1.82) is 0 Å². The molecule has 0 spiro atoms. The fourth-order valence-corrected chi connectivity index (χ4v) is 2.02. The molecule has 0 radical (unpaired) electrons. The summed E-state index contributed by atoms with van der Waals surface area (Å²) in [4.78, 5) is 24.0. The molecule has 0 aliphatic heterocycles. The van der Waals surface area contributed by atoms with Crippen molar-refractivity contribution in [3.05, 3.63) is 35.9 Å². The Hall–Kier alpha value is -1.64. The number of ketones is 1. The normalized spacial score (nSPS) is 13.7. The van der Waals surface area contributed by atoms with Gasteiger partial charge in [-0.3, -0.25) is 9.59 Å². The highest BCUT2D eigenvalue weighted by atomic mass is 16.5. The van der Waals surface area contributed by atoms with Gasteiger partial charge in [-0.25, -0.2) is 0 Å². The SMILES string of the molecule is CCOC(=O)C(C)C(CC)C(=O)c1ccccc1. The molecule has 0 fully saturated rings. The van der Waals surface area contributed by atoms with Crippen LogP contribution in [0.15, 0.2) is 30.3 Å². The molecule has 0 aromatic heterocycles. The minimum Gasteiger partial charge on any atom is -0.466 e. The van der Waals surface area contributed by atoms with Gasteiger partial charge in [0.25, 0.3) is 0 Å². The van der Waals surface area contributed by atoms with Crippen molar-refractivity contribution < 1.29 is 14.3 Å². The van der Waals surface area contributed by atoms with Crippen LogP contribution in [0.3, 0.4) is 0 Å². The van der Waals surface area contributed by atoms with E-state index in [0.29, 0.717) is 18.6 Å². The van der Waals surface area contributed by atoms with E-state index in [1.807, 2.05) is 25.1 Å². The summed E-state index contributed by atoms with van der Waals surface area (Å²) in [5.74, 6) is -0.999. The van der Waals surface area contributed by atoms with E-state index in [9.17, 15) is 9.59 Å². The van der Waals surface area contributed by atoms with Crippen LogP contribution in [0.1, 0.15) is 37.6 Å². The minimum atomic E-state index is -0.400. The first-order valence-corrected chi connectivity index (χ1v) is 6.37. The average Bonchev–Trinajstić information content (AvgIpc) is 2.40. The summed E-state index contributed by atoms with van der Waals surface area (Å²) in [6.07, 6.45) is 0.633. The molecule has 0 saturated carbocycles. The number of ether oxygens (including phenoxy) is 1. The first kappa shape index (κ1) is 14.4. The van der Waals surface area contributed by atoms with E-state index >= 15 is 0 Å². The van der Waals surface area contributed by atoms with Crippen LogP contribution in [-0.2, 0) is 9.53 Å². The molecule has 0 saturated heterocycles. The minimum absolute atomic E-state index is 0.0126. The van der Waals surface area contributed by atoms with Crippen LogP contribution >= 0.6 is 0 Å². The van der Waals surface area contributed by atoms with Crippen LogP contribution in [0.2, 0.25) is 0 Å². The molecule has 3 nitrogen and oxygen atoms in total. The molecule has 0 aliphatic rings. The largest absolute Gasteiger partial charge is 0.466 e. The van der Waals surface area contributed by atoms with Crippen molar-refractivity contribution in [2.45, 2.75) is 27.2 Å². The summed E-state index contributed by atoms with van der Waals surface area (Å²) in [7, 11) is 0. The maximum absolute atomic E-state index is 12.3. The van der Waals surface area contributed by atoms with E-state index in [4.69, 9.17) is 4.74 Å². The lowest BCUT2D eigenvalue weighted by atomic mass is 9.85. The molecule has 2 atom stereocenters. The average molecular weight is 248 g/mol. The van der Waals surface area contributed by atoms with Crippen LogP contribution in [0.4, 0.5) is 0 Å². The van der Waals surface area contributed by atoms with Crippen molar-refractivity contribution in [2.75, 3.05) is 6.61 Å². The Kier molecular flexibility index (Phi) is 5.56. The summed E-state index contributed by atoms with van der Waals surface area (Å²) >= 11 is 0. The number of rotatable bonds is 6. The molecule has 1 aromatic carbocycles. The summed E-state index contributed by atoms with van der Waals surface area (Å²) < 4.78 is 4.98. The van der Waals surface area contributed by atoms with Crippen LogP contribution in [-0.4, -0.2) is 18.4 Å². The highest BCUT2D eigenvalue weighted by Gasteiger charge is 2.30. The summed E-state index contributed by atoms with van der Waals surface area (Å²) in [6, 6.07) is 9.09. The lowest BCUT2D eigenvalue weighted by molar-refractivity contribution is -0.148. The molecule has 3 heteroatoms. The smallest absolute Gasteiger partial charge is 0.309 e. The predicted octanol–water partition coefficient (Wildman–Crippen LogP) is 3.09. The van der Waals surface area contributed by atoms with Gasteiger partial charge in [-0.05, 0) is 13.3 Å². The molecule has 0 bridgehead atoms. The monoisotopic (exact) mass is 248 g/mol. The number of carbonyl (C=O) groups is 2. The third-order valence-electron chi connectivity index (χ3n) is 3.10. The second-order valence-corrected chi connectivity index (χ2v) is 4.29. The number of carbonyl (C=O) groups excluding carboxylic acids is 2. The highest BCUT2D eigenvalue weighted by molar-refractivity contribution is 5.99. The Balaban J connectivity index is 2.83. The number of hydrogen-bond donors (Lipinski definition) is 0. The molecule has 0 aliphatic carbocycles. The zero-order valence-electron chi connectivity index (χ0n) is 11.2.